The Morgan fingerprint density at radius 2 is 0.600 bits per heavy atom. The number of allylic oxidation sites excluding steroid dienone is 12. The average molecular weight is 1330 g/mol. The van der Waals surface area contributed by atoms with E-state index in [-0.39, 0.29) is 32.2 Å². The summed E-state index contributed by atoms with van der Waals surface area (Å²) in [4.78, 5) is 37.6. The predicted molar refractivity (Wildman–Crippen MR) is 408 cm³/mol. The van der Waals surface area contributed by atoms with Gasteiger partial charge in [-0.15, -0.1) is 0 Å². The number of aliphatic carboxylic acids is 1. The molecule has 554 valence electrons. The van der Waals surface area contributed by atoms with Gasteiger partial charge in [0.1, 0.15) is 13.2 Å². The average Bonchev–Trinajstić information content (AvgIpc) is 3.24. The van der Waals surface area contributed by atoms with Crippen LogP contribution in [0.5, 0.6) is 0 Å². The first-order valence-corrected chi connectivity index (χ1v) is 41.1. The molecule has 0 heterocycles. The fourth-order valence-electron chi connectivity index (χ4n) is 12.3. The maximum atomic E-state index is 13.0. The molecule has 0 amide bonds. The first-order valence-electron chi connectivity index (χ1n) is 41.1. The molecule has 0 N–H and O–H groups in total. The van der Waals surface area contributed by atoms with E-state index in [1.807, 2.05) is 21.1 Å². The summed E-state index contributed by atoms with van der Waals surface area (Å²) in [6.07, 6.45) is 100. The van der Waals surface area contributed by atoms with Gasteiger partial charge in [-0.05, 0) is 64.2 Å². The molecule has 95 heavy (non-hydrogen) atoms. The van der Waals surface area contributed by atoms with Crippen LogP contribution in [-0.2, 0) is 33.3 Å². The number of carbonyl (C=O) groups excluding carboxylic acids is 3. The molecule has 0 saturated carbocycles. The summed E-state index contributed by atoms with van der Waals surface area (Å²) < 4.78 is 22.9. The van der Waals surface area contributed by atoms with Gasteiger partial charge in [-0.25, -0.2) is 0 Å². The minimum atomic E-state index is -1.62. The number of likely N-dealkylation sites (N-methyl/N-ethyl adjacent to an activating group) is 1. The fraction of sp³-hybridized carbons (Fsp3) is 0.826. The van der Waals surface area contributed by atoms with Crippen molar-refractivity contribution in [3.63, 3.8) is 0 Å². The Morgan fingerprint density at radius 3 is 0.895 bits per heavy atom. The molecule has 2 atom stereocenters. The van der Waals surface area contributed by atoms with E-state index in [1.54, 1.807) is 0 Å². The zero-order valence-electron chi connectivity index (χ0n) is 63.6. The number of carboxylic acid groups (broad SMARTS) is 1. The van der Waals surface area contributed by atoms with E-state index in [0.29, 0.717) is 23.9 Å². The van der Waals surface area contributed by atoms with Crippen LogP contribution >= 0.6 is 0 Å². The molecule has 0 aliphatic rings. The second-order valence-corrected chi connectivity index (χ2v) is 29.0. The van der Waals surface area contributed by atoms with E-state index in [9.17, 15) is 19.5 Å². The molecule has 2 unspecified atom stereocenters. The number of quaternary nitrogens is 1. The van der Waals surface area contributed by atoms with Crippen LogP contribution in [0.4, 0.5) is 0 Å². The molecule has 9 heteroatoms. The van der Waals surface area contributed by atoms with Crippen LogP contribution in [0, 0.1) is 0 Å². The second-order valence-electron chi connectivity index (χ2n) is 29.0. The number of unbranched alkanes of at least 4 members (excludes halogenated alkanes) is 50. The highest BCUT2D eigenvalue weighted by molar-refractivity contribution is 5.70. The number of esters is 2. The van der Waals surface area contributed by atoms with Crippen LogP contribution < -0.4 is 5.11 Å². The smallest absolute Gasteiger partial charge is 0.306 e. The molecule has 0 bridgehead atoms. The van der Waals surface area contributed by atoms with Gasteiger partial charge in [0.2, 0.25) is 0 Å². The van der Waals surface area contributed by atoms with Crippen molar-refractivity contribution in [3.05, 3.63) is 72.9 Å². The van der Waals surface area contributed by atoms with Crippen molar-refractivity contribution in [2.24, 2.45) is 0 Å². The Morgan fingerprint density at radius 1 is 0.326 bits per heavy atom. The van der Waals surface area contributed by atoms with Gasteiger partial charge in [-0.2, -0.15) is 0 Å². The zero-order chi connectivity index (χ0) is 69.0. The number of hydrogen-bond donors (Lipinski definition) is 0. The van der Waals surface area contributed by atoms with Crippen molar-refractivity contribution < 1.29 is 42.9 Å². The molecule has 0 aromatic carbocycles. The van der Waals surface area contributed by atoms with Crippen LogP contribution in [0.2, 0.25) is 0 Å². The molecule has 0 aliphatic carbocycles. The summed E-state index contributed by atoms with van der Waals surface area (Å²) in [5.41, 5.74) is 0. The van der Waals surface area contributed by atoms with Gasteiger partial charge < -0.3 is 33.3 Å². The van der Waals surface area contributed by atoms with Crippen molar-refractivity contribution in [2.45, 2.75) is 411 Å². The van der Waals surface area contributed by atoms with Gasteiger partial charge in [0, 0.05) is 12.8 Å². The standard InChI is InChI=1S/C86H157NO8/c1-6-8-10-12-14-16-18-20-22-24-26-28-30-32-34-36-38-39-40-41-42-43-44-45-47-48-50-52-54-56-58-60-62-64-66-68-70-72-74-76-83(88)93-80-82(81-94-86(85(90)91)92-79-78-87(3,4)5)95-84(89)77-75-73-71-69-67-65-63-61-59-57-55-53-51-49-46-37-35-33-31-29-27-25-23-21-19-17-15-13-11-9-7-2/h9,11,15,17,21,23,27,29,33,35,46,49,82,86H,6-8,10,12-14,16,18-20,22,24-26,28,30-32,34,36-45,47-48,50-81H2,1-5H3/b11-9-,17-15-,23-21-,29-27-,35-33-,49-46-. The third kappa shape index (κ3) is 77.9. The monoisotopic (exact) mass is 1330 g/mol. The van der Waals surface area contributed by atoms with Crippen molar-refractivity contribution in [3.8, 4) is 0 Å². The van der Waals surface area contributed by atoms with Crippen molar-refractivity contribution >= 4 is 17.9 Å². The maximum absolute atomic E-state index is 13.0. The third-order valence-electron chi connectivity index (χ3n) is 18.5. The summed E-state index contributed by atoms with van der Waals surface area (Å²) in [6, 6.07) is 0. The second kappa shape index (κ2) is 76.5. The highest BCUT2D eigenvalue weighted by Crippen LogP contribution is 2.20. The van der Waals surface area contributed by atoms with Gasteiger partial charge >= 0.3 is 11.9 Å². The van der Waals surface area contributed by atoms with Gasteiger partial charge in [0.15, 0.2) is 12.4 Å². The molecule has 0 aromatic rings. The topological polar surface area (TPSA) is 111 Å². The number of carboxylic acids is 1. The number of carbonyl (C=O) groups is 3. The molecule has 0 spiro atoms. The highest BCUT2D eigenvalue weighted by Gasteiger charge is 2.22. The number of rotatable bonds is 77. The van der Waals surface area contributed by atoms with E-state index < -0.39 is 24.3 Å². The summed E-state index contributed by atoms with van der Waals surface area (Å²) in [5, 5.41) is 11.9. The molecule has 9 nitrogen and oxygen atoms in total. The van der Waals surface area contributed by atoms with Gasteiger partial charge in [-0.3, -0.25) is 9.59 Å². The lowest BCUT2D eigenvalue weighted by Crippen LogP contribution is -2.44. The first kappa shape index (κ1) is 91.7. The van der Waals surface area contributed by atoms with E-state index in [4.69, 9.17) is 18.9 Å². The van der Waals surface area contributed by atoms with Crippen molar-refractivity contribution in [1.29, 1.82) is 0 Å². The minimum absolute atomic E-state index is 0.147. The summed E-state index contributed by atoms with van der Waals surface area (Å²) in [5.74, 6) is -2.26. The predicted octanol–water partition coefficient (Wildman–Crippen LogP) is 25.0. The fourth-order valence-corrected chi connectivity index (χ4v) is 12.3. The Hall–Kier alpha value is -3.27. The van der Waals surface area contributed by atoms with Crippen LogP contribution in [-0.4, -0.2) is 82.3 Å². The zero-order valence-corrected chi connectivity index (χ0v) is 63.6. The summed E-state index contributed by atoms with van der Waals surface area (Å²) in [6.45, 7) is 4.69. The number of nitrogens with zero attached hydrogens (tertiary/aromatic N) is 1. The van der Waals surface area contributed by atoms with Crippen LogP contribution in [0.1, 0.15) is 399 Å². The molecule has 0 rings (SSSR count). The van der Waals surface area contributed by atoms with Gasteiger partial charge in [0.25, 0.3) is 0 Å². The van der Waals surface area contributed by atoms with Crippen LogP contribution in [0.15, 0.2) is 72.9 Å². The lowest BCUT2D eigenvalue weighted by Gasteiger charge is -2.26. The van der Waals surface area contributed by atoms with E-state index >= 15 is 0 Å². The largest absolute Gasteiger partial charge is 0.545 e. The summed E-state index contributed by atoms with van der Waals surface area (Å²) >= 11 is 0. The Balaban J connectivity index is 3.96. The van der Waals surface area contributed by atoms with Crippen LogP contribution in [0.25, 0.3) is 0 Å². The van der Waals surface area contributed by atoms with E-state index in [0.717, 1.165) is 77.0 Å². The molecule has 0 aromatic heterocycles. The Kier molecular flexibility index (Phi) is 73.9. The molecule has 0 radical (unpaired) electrons. The molecular weight excluding hydrogens is 1170 g/mol. The molecule has 0 fully saturated rings. The molecule has 0 saturated heterocycles. The number of ether oxygens (including phenoxy) is 4. The third-order valence-corrected chi connectivity index (χ3v) is 18.5. The highest BCUT2D eigenvalue weighted by atomic mass is 16.7. The van der Waals surface area contributed by atoms with E-state index in [1.165, 1.54) is 289 Å². The SMILES string of the molecule is CC/C=C\C/C=C\C/C=C\C/C=C\C/C=C\C/C=C\CCCCCCCCCCCCCCC(=O)OC(COC(=O)CCCCCCCCCCCCCCCCCCCCCCCCCCCCCCCCCCCCCCCCC)COC(OCC[N+](C)(C)C)C(=O)[O-]. The molecule has 0 aliphatic heterocycles. The maximum Gasteiger partial charge on any atom is 0.306 e. The normalized spacial score (nSPS) is 13.0. The van der Waals surface area contributed by atoms with Crippen molar-refractivity contribution in [1.82, 2.24) is 0 Å². The molecular formula is C86H157NO8. The summed E-state index contributed by atoms with van der Waals surface area (Å²) in [7, 11) is 5.94. The van der Waals surface area contributed by atoms with Gasteiger partial charge in [-0.1, -0.05) is 395 Å². The van der Waals surface area contributed by atoms with E-state index in [2.05, 4.69) is 86.8 Å². The van der Waals surface area contributed by atoms with Crippen molar-refractivity contribution in [2.75, 3.05) is 47.5 Å². The first-order chi connectivity index (χ1) is 46.6. The van der Waals surface area contributed by atoms with Crippen LogP contribution in [0.3, 0.4) is 0 Å². The lowest BCUT2D eigenvalue weighted by molar-refractivity contribution is -0.870. The Bertz CT molecular complexity index is 1790. The number of hydrogen-bond acceptors (Lipinski definition) is 8. The Labute approximate surface area is 589 Å². The lowest BCUT2D eigenvalue weighted by atomic mass is 10.0. The quantitative estimate of drug-likeness (QED) is 0.0195. The minimum Gasteiger partial charge on any atom is -0.545 e. The van der Waals surface area contributed by atoms with Gasteiger partial charge in [0.05, 0.1) is 40.3 Å².